The molecule has 0 aliphatic carbocycles. The minimum atomic E-state index is -0.473. The Morgan fingerprint density at radius 2 is 2.17 bits per heavy atom. The number of halogens is 1. The van der Waals surface area contributed by atoms with Crippen LogP contribution in [0, 0.1) is 17.8 Å². The van der Waals surface area contributed by atoms with E-state index in [1.54, 1.807) is 6.07 Å². The van der Waals surface area contributed by atoms with Crippen LogP contribution in [-0.2, 0) is 0 Å². The number of para-hydroxylation sites is 1. The van der Waals surface area contributed by atoms with Crippen molar-refractivity contribution in [1.29, 1.82) is 0 Å². The molecule has 0 unspecified atom stereocenters. The van der Waals surface area contributed by atoms with Gasteiger partial charge in [0.25, 0.3) is 5.91 Å². The van der Waals surface area contributed by atoms with Crippen molar-refractivity contribution in [1.82, 2.24) is 9.88 Å². The van der Waals surface area contributed by atoms with Gasteiger partial charge in [0.05, 0.1) is 28.3 Å². The second-order valence-corrected chi connectivity index (χ2v) is 8.72. The predicted octanol–water partition coefficient (Wildman–Crippen LogP) is 4.00. The molecular weight excluding hydrogens is 396 g/mol. The number of amides is 1. The third kappa shape index (κ3) is 3.03. The normalized spacial score (nSPS) is 21.6. The van der Waals surface area contributed by atoms with Crippen molar-refractivity contribution < 1.29 is 4.79 Å². The molecular formula is C24H25ClN4O. The van der Waals surface area contributed by atoms with E-state index in [1.807, 2.05) is 25.1 Å². The van der Waals surface area contributed by atoms with Crippen LogP contribution in [0.4, 0.5) is 5.69 Å². The highest BCUT2D eigenvalue weighted by atomic mass is 35.5. The Labute approximate surface area is 181 Å². The van der Waals surface area contributed by atoms with Gasteiger partial charge < -0.3 is 15.6 Å². The lowest BCUT2D eigenvalue weighted by Gasteiger charge is -2.35. The molecule has 2 aliphatic heterocycles. The van der Waals surface area contributed by atoms with Gasteiger partial charge in [-0.2, -0.15) is 0 Å². The number of nitrogens with one attached hydrogen (secondary N) is 1. The van der Waals surface area contributed by atoms with Crippen molar-refractivity contribution in [3.63, 3.8) is 0 Å². The Morgan fingerprint density at radius 3 is 2.97 bits per heavy atom. The van der Waals surface area contributed by atoms with Crippen LogP contribution in [-0.4, -0.2) is 48.0 Å². The molecule has 5 nitrogen and oxygen atoms in total. The van der Waals surface area contributed by atoms with Gasteiger partial charge in [-0.05, 0) is 44.4 Å². The second kappa shape index (κ2) is 7.54. The summed E-state index contributed by atoms with van der Waals surface area (Å²) in [5, 5.41) is 2.64. The van der Waals surface area contributed by atoms with Crippen LogP contribution < -0.4 is 10.6 Å². The van der Waals surface area contributed by atoms with Crippen molar-refractivity contribution >= 4 is 45.0 Å². The highest BCUT2D eigenvalue weighted by Crippen LogP contribution is 2.44. The predicted molar refractivity (Wildman–Crippen MR) is 123 cm³/mol. The largest absolute Gasteiger partial charge is 0.368 e. The average molecular weight is 421 g/mol. The Morgan fingerprint density at radius 1 is 1.33 bits per heavy atom. The standard InChI is InChI=1S/C24H25ClN4O/c1-2-3-10-28-11-6-7-15-13-29(14-20(15)28)23-18(25)12-17(24(26)30)22-21(23)16-8-4-5-9-19(16)27-22/h4-5,8-9,12,15,20,27H,6-7,10-11,13-14H2,1H3,(H2,26,30)/t15-,20+/m1/s1. The number of aromatic amines is 1. The number of primary amides is 1. The zero-order chi connectivity index (χ0) is 20.8. The molecule has 2 aliphatic rings. The number of nitrogens with two attached hydrogens (primary N) is 1. The molecule has 2 atom stereocenters. The fraction of sp³-hybridized carbons (Fsp3) is 0.375. The summed E-state index contributed by atoms with van der Waals surface area (Å²) in [6, 6.07) is 10.3. The maximum atomic E-state index is 12.1. The van der Waals surface area contributed by atoms with Gasteiger partial charge in [0, 0.05) is 35.4 Å². The van der Waals surface area contributed by atoms with E-state index in [9.17, 15) is 4.79 Å². The SMILES string of the molecule is CC#CCN1CCC[C@@H]2CN(c3c(Cl)cc(C(N)=O)c4[nH]c5ccccc5c34)C[C@@H]21. The van der Waals surface area contributed by atoms with Crippen molar-refractivity contribution in [3.8, 4) is 11.8 Å². The number of aromatic nitrogens is 1. The lowest BCUT2D eigenvalue weighted by molar-refractivity contribution is 0.100. The number of benzene rings is 2. The van der Waals surface area contributed by atoms with Crippen LogP contribution in [0.1, 0.15) is 30.1 Å². The minimum absolute atomic E-state index is 0.436. The van der Waals surface area contributed by atoms with Gasteiger partial charge in [-0.1, -0.05) is 35.7 Å². The van der Waals surface area contributed by atoms with Crippen LogP contribution in [0.2, 0.25) is 5.02 Å². The number of anilines is 1. The van der Waals surface area contributed by atoms with Crippen LogP contribution in [0.5, 0.6) is 0 Å². The van der Waals surface area contributed by atoms with Gasteiger partial charge in [-0.25, -0.2) is 0 Å². The number of fused-ring (bicyclic) bond motifs is 4. The summed E-state index contributed by atoms with van der Waals surface area (Å²) in [6.45, 7) is 5.70. The molecule has 6 heteroatoms. The van der Waals surface area contributed by atoms with Crippen LogP contribution in [0.15, 0.2) is 30.3 Å². The van der Waals surface area contributed by atoms with E-state index in [1.165, 1.54) is 12.8 Å². The molecule has 154 valence electrons. The lowest BCUT2D eigenvalue weighted by atomic mass is 9.92. The summed E-state index contributed by atoms with van der Waals surface area (Å²) in [5.41, 5.74) is 8.88. The fourth-order valence-electron chi connectivity index (χ4n) is 5.31. The van der Waals surface area contributed by atoms with E-state index in [4.69, 9.17) is 17.3 Å². The number of hydrogen-bond acceptors (Lipinski definition) is 3. The summed E-state index contributed by atoms with van der Waals surface area (Å²) < 4.78 is 0. The first-order chi connectivity index (χ1) is 14.6. The smallest absolute Gasteiger partial charge is 0.250 e. The Hall–Kier alpha value is -2.68. The van der Waals surface area contributed by atoms with Gasteiger partial charge in [-0.15, -0.1) is 5.92 Å². The highest BCUT2D eigenvalue weighted by Gasteiger charge is 2.40. The molecule has 0 radical (unpaired) electrons. The monoisotopic (exact) mass is 420 g/mol. The third-order valence-corrected chi connectivity index (χ3v) is 6.93. The van der Waals surface area contributed by atoms with Crippen molar-refractivity contribution in [2.75, 3.05) is 31.1 Å². The topological polar surface area (TPSA) is 65.4 Å². The number of rotatable bonds is 3. The van der Waals surface area contributed by atoms with Gasteiger partial charge in [0.2, 0.25) is 0 Å². The molecule has 3 N–H and O–H groups in total. The van der Waals surface area contributed by atoms with Gasteiger partial charge >= 0.3 is 0 Å². The number of H-pyrrole nitrogens is 1. The van der Waals surface area contributed by atoms with E-state index in [2.05, 4.69) is 32.7 Å². The van der Waals surface area contributed by atoms with E-state index < -0.39 is 5.91 Å². The molecule has 3 heterocycles. The number of nitrogens with zero attached hydrogens (tertiary/aromatic N) is 2. The fourth-order valence-corrected chi connectivity index (χ4v) is 5.64. The van der Waals surface area contributed by atoms with Gasteiger partial charge in [0.1, 0.15) is 0 Å². The molecule has 30 heavy (non-hydrogen) atoms. The molecule has 2 aromatic carbocycles. The average Bonchev–Trinajstić information content (AvgIpc) is 3.33. The summed E-state index contributed by atoms with van der Waals surface area (Å²) in [5.74, 6) is 6.40. The zero-order valence-corrected chi connectivity index (χ0v) is 17.8. The van der Waals surface area contributed by atoms with Crippen LogP contribution >= 0.6 is 11.6 Å². The van der Waals surface area contributed by atoms with E-state index in [0.29, 0.717) is 22.5 Å². The van der Waals surface area contributed by atoms with Crippen molar-refractivity contribution in [3.05, 3.63) is 40.9 Å². The number of piperidine rings is 1. The molecule has 0 spiro atoms. The third-order valence-electron chi connectivity index (χ3n) is 6.65. The van der Waals surface area contributed by atoms with Crippen molar-refractivity contribution in [2.45, 2.75) is 25.8 Å². The summed E-state index contributed by atoms with van der Waals surface area (Å²) in [4.78, 5) is 20.5. The molecule has 2 fully saturated rings. The number of carbonyl (C=O) groups is 1. The van der Waals surface area contributed by atoms with E-state index >= 15 is 0 Å². The Balaban J connectivity index is 1.64. The number of carbonyl (C=O) groups excluding carboxylic acids is 1. The van der Waals surface area contributed by atoms with E-state index in [-0.39, 0.29) is 0 Å². The Kier molecular flexibility index (Phi) is 4.85. The first-order valence-electron chi connectivity index (χ1n) is 10.5. The number of hydrogen-bond donors (Lipinski definition) is 2. The van der Waals surface area contributed by atoms with Crippen LogP contribution in [0.25, 0.3) is 21.8 Å². The zero-order valence-electron chi connectivity index (χ0n) is 17.0. The molecule has 5 rings (SSSR count). The molecule has 1 amide bonds. The van der Waals surface area contributed by atoms with Crippen LogP contribution in [0.3, 0.4) is 0 Å². The van der Waals surface area contributed by atoms with Crippen molar-refractivity contribution in [2.24, 2.45) is 11.7 Å². The van der Waals surface area contributed by atoms with E-state index in [0.717, 1.165) is 53.7 Å². The van der Waals surface area contributed by atoms with Gasteiger partial charge in [-0.3, -0.25) is 9.69 Å². The molecule has 0 bridgehead atoms. The lowest BCUT2D eigenvalue weighted by Crippen LogP contribution is -2.45. The maximum absolute atomic E-state index is 12.1. The molecule has 3 aromatic rings. The molecule has 2 saturated heterocycles. The highest BCUT2D eigenvalue weighted by molar-refractivity contribution is 6.37. The van der Waals surface area contributed by atoms with Gasteiger partial charge in [0.15, 0.2) is 0 Å². The molecule has 1 aromatic heterocycles. The summed E-state index contributed by atoms with van der Waals surface area (Å²) in [7, 11) is 0. The minimum Gasteiger partial charge on any atom is -0.368 e. The number of likely N-dealkylation sites (tertiary alicyclic amines) is 1. The first-order valence-corrected chi connectivity index (χ1v) is 10.9. The quantitative estimate of drug-likeness (QED) is 0.629. The maximum Gasteiger partial charge on any atom is 0.250 e. The summed E-state index contributed by atoms with van der Waals surface area (Å²) in [6.07, 6.45) is 2.43. The molecule has 0 saturated carbocycles. The first kappa shape index (κ1) is 19.3. The summed E-state index contributed by atoms with van der Waals surface area (Å²) >= 11 is 6.81. The Bertz CT molecular complexity index is 1200. The second-order valence-electron chi connectivity index (χ2n) is 8.31.